The molecule has 0 aliphatic carbocycles. The molecule has 2 aromatic heterocycles. The molecular weight excluding hydrogens is 264 g/mol. The smallest absolute Gasteiger partial charge is 0.125 e. The van der Waals surface area contributed by atoms with E-state index in [9.17, 15) is 5.11 Å². The van der Waals surface area contributed by atoms with E-state index in [2.05, 4.69) is 15.1 Å². The summed E-state index contributed by atoms with van der Waals surface area (Å²) < 4.78 is 1.81. The van der Waals surface area contributed by atoms with Crippen molar-refractivity contribution in [2.75, 3.05) is 0 Å². The van der Waals surface area contributed by atoms with Crippen LogP contribution in [0.4, 0.5) is 0 Å². The van der Waals surface area contributed by atoms with Gasteiger partial charge in [-0.05, 0) is 26.8 Å². The van der Waals surface area contributed by atoms with Crippen LogP contribution in [0.3, 0.4) is 0 Å². The Balaban J connectivity index is 2.26. The topological polar surface area (TPSA) is 63.8 Å². The van der Waals surface area contributed by atoms with Crippen molar-refractivity contribution in [1.82, 2.24) is 19.7 Å². The molecule has 19 heavy (non-hydrogen) atoms. The summed E-state index contributed by atoms with van der Waals surface area (Å²) in [5.74, 6) is 0.642. The maximum Gasteiger partial charge on any atom is 0.125 e. The van der Waals surface area contributed by atoms with Gasteiger partial charge in [0, 0.05) is 19.2 Å². The van der Waals surface area contributed by atoms with Gasteiger partial charge < -0.3 is 5.11 Å². The van der Waals surface area contributed by atoms with E-state index < -0.39 is 6.10 Å². The standard InChI is InChI=1S/C13H17ClN4O/c1-4-18-11(13(14)8(2)17-18)7-12(19)10-5-6-15-9(3)16-10/h5-6,12,19H,4,7H2,1-3H3. The fourth-order valence-electron chi connectivity index (χ4n) is 2.01. The normalized spacial score (nSPS) is 12.7. The Labute approximate surface area is 117 Å². The number of halogens is 1. The molecule has 1 unspecified atom stereocenters. The maximum absolute atomic E-state index is 10.3. The fraction of sp³-hybridized carbons (Fsp3) is 0.462. The number of aliphatic hydroxyl groups excluding tert-OH is 1. The first kappa shape index (κ1) is 14.0. The highest BCUT2D eigenvalue weighted by Gasteiger charge is 2.18. The number of aryl methyl sites for hydroxylation is 3. The van der Waals surface area contributed by atoms with Crippen LogP contribution < -0.4 is 0 Å². The molecule has 6 heteroatoms. The number of hydrogen-bond acceptors (Lipinski definition) is 4. The van der Waals surface area contributed by atoms with Crippen molar-refractivity contribution >= 4 is 11.6 Å². The quantitative estimate of drug-likeness (QED) is 0.933. The van der Waals surface area contributed by atoms with E-state index in [1.165, 1.54) is 0 Å². The van der Waals surface area contributed by atoms with Gasteiger partial charge in [-0.25, -0.2) is 9.97 Å². The van der Waals surface area contributed by atoms with Crippen molar-refractivity contribution in [3.8, 4) is 0 Å². The third-order valence-corrected chi connectivity index (χ3v) is 3.47. The van der Waals surface area contributed by atoms with Gasteiger partial charge >= 0.3 is 0 Å². The predicted molar refractivity (Wildman–Crippen MR) is 73.1 cm³/mol. The second-order valence-electron chi connectivity index (χ2n) is 4.41. The lowest BCUT2D eigenvalue weighted by Crippen LogP contribution is -2.10. The third kappa shape index (κ3) is 2.93. The summed E-state index contributed by atoms with van der Waals surface area (Å²) in [6, 6.07) is 1.71. The van der Waals surface area contributed by atoms with Gasteiger partial charge in [-0.2, -0.15) is 5.10 Å². The van der Waals surface area contributed by atoms with Crippen molar-refractivity contribution in [2.45, 2.75) is 39.8 Å². The molecule has 1 N–H and O–H groups in total. The average molecular weight is 281 g/mol. The molecule has 1 atom stereocenters. The van der Waals surface area contributed by atoms with Crippen LogP contribution in [0.25, 0.3) is 0 Å². The van der Waals surface area contributed by atoms with Crippen LogP contribution in [-0.4, -0.2) is 24.9 Å². The van der Waals surface area contributed by atoms with Gasteiger partial charge in [0.1, 0.15) is 11.9 Å². The van der Waals surface area contributed by atoms with E-state index in [4.69, 9.17) is 11.6 Å². The molecular formula is C13H17ClN4O. The highest BCUT2D eigenvalue weighted by Crippen LogP contribution is 2.25. The minimum atomic E-state index is -0.708. The molecule has 0 saturated carbocycles. The molecule has 0 radical (unpaired) electrons. The van der Waals surface area contributed by atoms with Crippen molar-refractivity contribution in [1.29, 1.82) is 0 Å². The Hall–Kier alpha value is -1.46. The van der Waals surface area contributed by atoms with Gasteiger partial charge in [0.2, 0.25) is 0 Å². The summed E-state index contributed by atoms with van der Waals surface area (Å²) in [7, 11) is 0. The summed E-state index contributed by atoms with van der Waals surface area (Å²) in [6.45, 7) is 6.37. The SMILES string of the molecule is CCn1nc(C)c(Cl)c1CC(O)c1ccnc(C)n1. The lowest BCUT2D eigenvalue weighted by molar-refractivity contribution is 0.170. The zero-order chi connectivity index (χ0) is 14.0. The van der Waals surface area contributed by atoms with Gasteiger partial charge in [0.15, 0.2) is 0 Å². The van der Waals surface area contributed by atoms with E-state index in [0.717, 1.165) is 17.9 Å². The summed E-state index contributed by atoms with van der Waals surface area (Å²) in [5.41, 5.74) is 2.22. The Bertz CT molecular complexity index is 582. The maximum atomic E-state index is 10.3. The fourth-order valence-corrected chi connectivity index (χ4v) is 2.22. The monoisotopic (exact) mass is 280 g/mol. The molecule has 5 nitrogen and oxygen atoms in total. The minimum absolute atomic E-state index is 0.393. The van der Waals surface area contributed by atoms with Crippen LogP contribution in [0.2, 0.25) is 5.02 Å². The molecule has 0 saturated heterocycles. The van der Waals surface area contributed by atoms with Gasteiger partial charge in [0.05, 0.1) is 22.1 Å². The van der Waals surface area contributed by atoms with Crippen molar-refractivity contribution in [3.63, 3.8) is 0 Å². The number of nitrogens with zero attached hydrogens (tertiary/aromatic N) is 4. The van der Waals surface area contributed by atoms with Crippen LogP contribution in [0.15, 0.2) is 12.3 Å². The summed E-state index contributed by atoms with van der Waals surface area (Å²) in [6.07, 6.45) is 1.33. The Morgan fingerprint density at radius 2 is 2.16 bits per heavy atom. The average Bonchev–Trinajstić information content (AvgIpc) is 2.66. The minimum Gasteiger partial charge on any atom is -0.386 e. The Kier molecular flexibility index (Phi) is 4.17. The van der Waals surface area contributed by atoms with Crippen molar-refractivity contribution in [3.05, 3.63) is 40.2 Å². The van der Waals surface area contributed by atoms with Crippen LogP contribution in [0, 0.1) is 13.8 Å². The van der Waals surface area contributed by atoms with E-state index in [1.807, 2.05) is 18.5 Å². The number of rotatable bonds is 4. The first-order valence-electron chi connectivity index (χ1n) is 6.22. The van der Waals surface area contributed by atoms with E-state index in [-0.39, 0.29) is 0 Å². The van der Waals surface area contributed by atoms with E-state index in [1.54, 1.807) is 19.2 Å². The molecule has 2 heterocycles. The number of aliphatic hydroxyl groups is 1. The molecule has 0 fully saturated rings. The molecule has 0 spiro atoms. The molecule has 102 valence electrons. The Morgan fingerprint density at radius 1 is 1.42 bits per heavy atom. The molecule has 0 aliphatic heterocycles. The van der Waals surface area contributed by atoms with Gasteiger partial charge in [-0.15, -0.1) is 0 Å². The lowest BCUT2D eigenvalue weighted by Gasteiger charge is -2.12. The van der Waals surface area contributed by atoms with Crippen LogP contribution in [0.5, 0.6) is 0 Å². The van der Waals surface area contributed by atoms with Crippen LogP contribution >= 0.6 is 11.6 Å². The van der Waals surface area contributed by atoms with Crippen molar-refractivity contribution < 1.29 is 5.11 Å². The highest BCUT2D eigenvalue weighted by atomic mass is 35.5. The van der Waals surface area contributed by atoms with Crippen LogP contribution in [-0.2, 0) is 13.0 Å². The predicted octanol–water partition coefficient (Wildman–Crippen LogP) is 2.24. The molecule has 0 aliphatic rings. The lowest BCUT2D eigenvalue weighted by atomic mass is 10.1. The first-order chi connectivity index (χ1) is 9.02. The number of aromatic nitrogens is 4. The van der Waals surface area contributed by atoms with Gasteiger partial charge in [0.25, 0.3) is 0 Å². The molecule has 0 bridgehead atoms. The zero-order valence-corrected chi connectivity index (χ0v) is 12.0. The second-order valence-corrected chi connectivity index (χ2v) is 4.79. The zero-order valence-electron chi connectivity index (χ0n) is 11.3. The van der Waals surface area contributed by atoms with E-state index in [0.29, 0.717) is 23.0 Å². The molecule has 2 aromatic rings. The highest BCUT2D eigenvalue weighted by molar-refractivity contribution is 6.31. The van der Waals surface area contributed by atoms with Gasteiger partial charge in [-0.1, -0.05) is 11.6 Å². The molecule has 2 rings (SSSR count). The summed E-state index contributed by atoms with van der Waals surface area (Å²) >= 11 is 6.23. The van der Waals surface area contributed by atoms with Crippen molar-refractivity contribution in [2.24, 2.45) is 0 Å². The van der Waals surface area contributed by atoms with Crippen LogP contribution in [0.1, 0.15) is 35.9 Å². The van der Waals surface area contributed by atoms with Gasteiger partial charge in [-0.3, -0.25) is 4.68 Å². The second kappa shape index (κ2) is 5.67. The summed E-state index contributed by atoms with van der Waals surface area (Å²) in [4.78, 5) is 8.25. The Morgan fingerprint density at radius 3 is 2.79 bits per heavy atom. The first-order valence-corrected chi connectivity index (χ1v) is 6.60. The van der Waals surface area contributed by atoms with E-state index >= 15 is 0 Å². The molecule has 0 aromatic carbocycles. The number of hydrogen-bond donors (Lipinski definition) is 1. The molecule has 0 amide bonds. The third-order valence-electron chi connectivity index (χ3n) is 2.98. The largest absolute Gasteiger partial charge is 0.386 e. The summed E-state index contributed by atoms with van der Waals surface area (Å²) in [5, 5.41) is 15.2.